The lowest BCUT2D eigenvalue weighted by atomic mass is 10.0. The maximum Gasteiger partial charge on any atom is 0.195 e. The molecule has 2 aromatic carbocycles. The number of carbonyl (C=O) groups is 1. The predicted octanol–water partition coefficient (Wildman–Crippen LogP) is 4.32. The van der Waals surface area contributed by atoms with Gasteiger partial charge in [-0.05, 0) is 59.0 Å². The standard InChI is InChI=1S/C14H9ClFIO2/c1-19-9-3-5-10(12(15)7-9)14(18)11-4-2-8(16)6-13(11)17/h2-7H,1H3. The molecule has 0 spiro atoms. The summed E-state index contributed by atoms with van der Waals surface area (Å²) in [6.07, 6.45) is 0. The molecule has 0 atom stereocenters. The summed E-state index contributed by atoms with van der Waals surface area (Å²) in [6, 6.07) is 8.86. The van der Waals surface area contributed by atoms with Crippen molar-refractivity contribution in [3.8, 4) is 5.75 Å². The van der Waals surface area contributed by atoms with Crippen LogP contribution in [0.1, 0.15) is 15.9 Å². The molecule has 0 aliphatic heterocycles. The molecule has 0 saturated heterocycles. The molecule has 0 N–H and O–H groups in total. The van der Waals surface area contributed by atoms with Gasteiger partial charge in [0.1, 0.15) is 11.6 Å². The molecule has 0 heterocycles. The second-order valence-electron chi connectivity index (χ2n) is 3.80. The molecule has 19 heavy (non-hydrogen) atoms. The van der Waals surface area contributed by atoms with Crippen LogP contribution in [0.25, 0.3) is 0 Å². The summed E-state index contributed by atoms with van der Waals surface area (Å²) < 4.78 is 18.6. The zero-order chi connectivity index (χ0) is 14.0. The van der Waals surface area contributed by atoms with Crippen molar-refractivity contribution < 1.29 is 13.9 Å². The van der Waals surface area contributed by atoms with E-state index in [2.05, 4.69) is 0 Å². The van der Waals surface area contributed by atoms with Crippen LogP contribution in [-0.2, 0) is 0 Å². The van der Waals surface area contributed by atoms with Crippen molar-refractivity contribution in [1.82, 2.24) is 0 Å². The van der Waals surface area contributed by atoms with E-state index < -0.39 is 0 Å². The van der Waals surface area contributed by atoms with Gasteiger partial charge in [-0.3, -0.25) is 4.79 Å². The van der Waals surface area contributed by atoms with E-state index in [1.54, 1.807) is 18.2 Å². The van der Waals surface area contributed by atoms with Crippen molar-refractivity contribution in [3.63, 3.8) is 0 Å². The van der Waals surface area contributed by atoms with Gasteiger partial charge < -0.3 is 4.74 Å². The minimum Gasteiger partial charge on any atom is -0.497 e. The van der Waals surface area contributed by atoms with Crippen molar-refractivity contribution in [3.05, 3.63) is 61.9 Å². The Bertz CT molecular complexity index is 643. The Morgan fingerprint density at radius 2 is 1.89 bits per heavy atom. The fraction of sp³-hybridized carbons (Fsp3) is 0.0714. The summed E-state index contributed by atoms with van der Waals surface area (Å²) in [4.78, 5) is 12.3. The van der Waals surface area contributed by atoms with E-state index in [9.17, 15) is 9.18 Å². The van der Waals surface area contributed by atoms with Crippen LogP contribution in [0.4, 0.5) is 4.39 Å². The lowest BCUT2D eigenvalue weighted by Gasteiger charge is -2.07. The number of carbonyl (C=O) groups excluding carboxylic acids is 1. The van der Waals surface area contributed by atoms with Crippen molar-refractivity contribution in [2.24, 2.45) is 0 Å². The first kappa shape index (κ1) is 14.3. The minimum absolute atomic E-state index is 0.239. The Morgan fingerprint density at radius 1 is 1.21 bits per heavy atom. The average molecular weight is 391 g/mol. The van der Waals surface area contributed by atoms with E-state index in [0.29, 0.717) is 25.5 Å². The van der Waals surface area contributed by atoms with E-state index in [4.69, 9.17) is 16.3 Å². The number of ether oxygens (including phenoxy) is 1. The van der Waals surface area contributed by atoms with Crippen LogP contribution in [0.15, 0.2) is 36.4 Å². The first-order chi connectivity index (χ1) is 9.02. The first-order valence-electron chi connectivity index (χ1n) is 5.36. The Balaban J connectivity index is 2.44. The number of halogens is 3. The number of methoxy groups -OCH3 is 1. The summed E-state index contributed by atoms with van der Waals surface area (Å²) in [6.45, 7) is 0. The third-order valence-electron chi connectivity index (χ3n) is 2.60. The molecule has 0 amide bonds. The number of benzene rings is 2. The van der Waals surface area contributed by atoms with Gasteiger partial charge in [-0.2, -0.15) is 0 Å². The van der Waals surface area contributed by atoms with E-state index >= 15 is 0 Å². The lowest BCUT2D eigenvalue weighted by molar-refractivity contribution is 0.103. The molecule has 0 radical (unpaired) electrons. The molecular weight excluding hydrogens is 382 g/mol. The monoisotopic (exact) mass is 390 g/mol. The van der Waals surface area contributed by atoms with E-state index in [0.717, 1.165) is 0 Å². The zero-order valence-electron chi connectivity index (χ0n) is 9.91. The van der Waals surface area contributed by atoms with Crippen LogP contribution < -0.4 is 4.74 Å². The Kier molecular flexibility index (Phi) is 4.42. The highest BCUT2D eigenvalue weighted by Crippen LogP contribution is 2.26. The van der Waals surface area contributed by atoms with Crippen molar-refractivity contribution in [2.75, 3.05) is 7.11 Å². The molecule has 98 valence electrons. The van der Waals surface area contributed by atoms with Crippen LogP contribution in [0.3, 0.4) is 0 Å². The maximum atomic E-state index is 13.0. The summed E-state index contributed by atoms with van der Waals surface area (Å²) in [5, 5.41) is 0.310. The normalized spacial score (nSPS) is 10.3. The summed E-state index contributed by atoms with van der Waals surface area (Å²) >= 11 is 7.98. The number of ketones is 1. The molecular formula is C14H9ClFIO2. The van der Waals surface area contributed by atoms with E-state index in [-0.39, 0.29) is 11.6 Å². The van der Waals surface area contributed by atoms with Gasteiger partial charge in [0, 0.05) is 14.7 Å². The minimum atomic E-state index is -0.373. The highest BCUT2D eigenvalue weighted by atomic mass is 127. The average Bonchev–Trinajstić information content (AvgIpc) is 2.37. The number of hydrogen-bond acceptors (Lipinski definition) is 2. The third-order valence-corrected chi connectivity index (χ3v) is 3.80. The molecule has 5 heteroatoms. The molecule has 0 fully saturated rings. The van der Waals surface area contributed by atoms with Gasteiger partial charge >= 0.3 is 0 Å². The first-order valence-corrected chi connectivity index (χ1v) is 6.82. The predicted molar refractivity (Wildman–Crippen MR) is 80.6 cm³/mol. The Morgan fingerprint density at radius 3 is 2.47 bits per heavy atom. The van der Waals surface area contributed by atoms with Crippen LogP contribution in [0.2, 0.25) is 5.02 Å². The molecule has 0 bridgehead atoms. The van der Waals surface area contributed by atoms with Crippen LogP contribution in [0.5, 0.6) is 5.75 Å². The number of hydrogen-bond donors (Lipinski definition) is 0. The molecule has 0 aliphatic carbocycles. The summed E-state index contributed by atoms with van der Waals surface area (Å²) in [5.74, 6) is -0.0332. The smallest absolute Gasteiger partial charge is 0.195 e. The maximum absolute atomic E-state index is 13.0. The van der Waals surface area contributed by atoms with Crippen LogP contribution in [0, 0.1) is 9.39 Å². The van der Waals surface area contributed by atoms with E-state index in [1.165, 1.54) is 25.3 Å². The second-order valence-corrected chi connectivity index (χ2v) is 5.37. The van der Waals surface area contributed by atoms with Gasteiger partial charge in [0.15, 0.2) is 5.78 Å². The second kappa shape index (κ2) is 5.88. The largest absolute Gasteiger partial charge is 0.497 e. The zero-order valence-corrected chi connectivity index (χ0v) is 12.8. The molecule has 0 aliphatic rings. The van der Waals surface area contributed by atoms with Gasteiger partial charge in [-0.15, -0.1) is 0 Å². The quantitative estimate of drug-likeness (QED) is 0.576. The van der Waals surface area contributed by atoms with Crippen molar-refractivity contribution in [2.45, 2.75) is 0 Å². The lowest BCUT2D eigenvalue weighted by Crippen LogP contribution is -2.05. The highest BCUT2D eigenvalue weighted by Gasteiger charge is 2.16. The Labute approximate surface area is 128 Å². The fourth-order valence-electron chi connectivity index (χ4n) is 1.63. The molecule has 0 unspecified atom stereocenters. The molecule has 0 saturated carbocycles. The summed E-state index contributed by atoms with van der Waals surface area (Å²) in [5.41, 5.74) is 0.793. The van der Waals surface area contributed by atoms with Crippen LogP contribution >= 0.6 is 34.2 Å². The Hall–Kier alpha value is -1.14. The molecule has 0 aromatic heterocycles. The van der Waals surface area contributed by atoms with Gasteiger partial charge in [0.2, 0.25) is 0 Å². The van der Waals surface area contributed by atoms with Crippen molar-refractivity contribution >= 4 is 40.0 Å². The molecule has 2 nitrogen and oxygen atoms in total. The van der Waals surface area contributed by atoms with Gasteiger partial charge in [0.25, 0.3) is 0 Å². The van der Waals surface area contributed by atoms with Gasteiger partial charge in [-0.25, -0.2) is 4.39 Å². The SMILES string of the molecule is COc1ccc(C(=O)c2ccc(F)cc2I)c(Cl)c1. The van der Waals surface area contributed by atoms with Gasteiger partial charge in [-0.1, -0.05) is 11.6 Å². The highest BCUT2D eigenvalue weighted by molar-refractivity contribution is 14.1. The third kappa shape index (κ3) is 3.06. The summed E-state index contributed by atoms with van der Waals surface area (Å²) in [7, 11) is 1.52. The van der Waals surface area contributed by atoms with Gasteiger partial charge in [0.05, 0.1) is 12.1 Å². The topological polar surface area (TPSA) is 26.3 Å². The molecule has 2 aromatic rings. The van der Waals surface area contributed by atoms with Crippen LogP contribution in [-0.4, -0.2) is 12.9 Å². The van der Waals surface area contributed by atoms with E-state index in [1.807, 2.05) is 22.6 Å². The fourth-order valence-corrected chi connectivity index (χ4v) is 2.60. The number of rotatable bonds is 3. The van der Waals surface area contributed by atoms with Crippen molar-refractivity contribution in [1.29, 1.82) is 0 Å². The molecule has 2 rings (SSSR count).